The molecule has 2 aromatic carbocycles. The van der Waals surface area contributed by atoms with Crippen molar-refractivity contribution in [3.8, 4) is 0 Å². The van der Waals surface area contributed by atoms with Gasteiger partial charge in [0.05, 0.1) is 24.7 Å². The molecule has 0 radical (unpaired) electrons. The van der Waals surface area contributed by atoms with Gasteiger partial charge in [0.25, 0.3) is 5.91 Å². The average Bonchev–Trinajstić information content (AvgIpc) is 2.84. The minimum atomic E-state index is -3.66. The molecule has 7 nitrogen and oxygen atoms in total. The molecule has 0 atom stereocenters. The van der Waals surface area contributed by atoms with Gasteiger partial charge in [-0.15, -0.1) is 0 Å². The molecule has 0 N–H and O–H groups in total. The second-order valence-electron chi connectivity index (χ2n) is 7.29. The summed E-state index contributed by atoms with van der Waals surface area (Å²) in [6, 6.07) is 16.2. The van der Waals surface area contributed by atoms with Gasteiger partial charge in [-0.2, -0.15) is 4.31 Å². The van der Waals surface area contributed by atoms with Crippen LogP contribution in [-0.2, 0) is 21.3 Å². The predicted molar refractivity (Wildman–Crippen MR) is 122 cm³/mol. The van der Waals surface area contributed by atoms with E-state index in [2.05, 4.69) is 4.99 Å². The van der Waals surface area contributed by atoms with Crippen molar-refractivity contribution in [3.63, 3.8) is 0 Å². The zero-order chi connectivity index (χ0) is 21.7. The van der Waals surface area contributed by atoms with Crippen molar-refractivity contribution in [3.05, 3.63) is 65.7 Å². The van der Waals surface area contributed by atoms with E-state index in [4.69, 9.17) is 4.74 Å². The van der Waals surface area contributed by atoms with Crippen LogP contribution in [-0.4, -0.2) is 67.3 Å². The van der Waals surface area contributed by atoms with E-state index in [0.29, 0.717) is 50.1 Å². The van der Waals surface area contributed by atoms with Gasteiger partial charge in [-0.25, -0.2) is 8.42 Å². The molecule has 4 rings (SSSR count). The lowest BCUT2D eigenvalue weighted by molar-refractivity contribution is 0.0730. The molecular formula is C22H25N3O4S2. The summed E-state index contributed by atoms with van der Waals surface area (Å²) in [5.41, 5.74) is 1.43. The lowest BCUT2D eigenvalue weighted by Crippen LogP contribution is -2.41. The molecule has 0 unspecified atom stereocenters. The van der Waals surface area contributed by atoms with E-state index in [1.807, 2.05) is 30.3 Å². The van der Waals surface area contributed by atoms with Gasteiger partial charge in [-0.1, -0.05) is 48.2 Å². The monoisotopic (exact) mass is 459 g/mol. The zero-order valence-electron chi connectivity index (χ0n) is 17.1. The Kier molecular flexibility index (Phi) is 7.06. The Hall–Kier alpha value is -2.20. The van der Waals surface area contributed by atoms with E-state index in [9.17, 15) is 13.2 Å². The number of sulfonamides is 1. The van der Waals surface area contributed by atoms with Crippen LogP contribution in [0.3, 0.4) is 0 Å². The number of ether oxygens (including phenoxy) is 1. The Morgan fingerprint density at radius 3 is 2.58 bits per heavy atom. The van der Waals surface area contributed by atoms with Crippen LogP contribution in [0.1, 0.15) is 22.3 Å². The van der Waals surface area contributed by atoms with Gasteiger partial charge in [0, 0.05) is 31.0 Å². The Morgan fingerprint density at radius 2 is 1.81 bits per heavy atom. The zero-order valence-corrected chi connectivity index (χ0v) is 18.8. The summed E-state index contributed by atoms with van der Waals surface area (Å²) < 4.78 is 32.6. The Morgan fingerprint density at radius 1 is 1.03 bits per heavy atom. The van der Waals surface area contributed by atoms with E-state index in [-0.39, 0.29) is 10.8 Å². The first-order chi connectivity index (χ1) is 15.1. The third kappa shape index (κ3) is 5.17. The summed E-state index contributed by atoms with van der Waals surface area (Å²) in [6.45, 7) is 2.46. The highest BCUT2D eigenvalue weighted by Gasteiger charge is 2.29. The van der Waals surface area contributed by atoms with Crippen LogP contribution in [0.4, 0.5) is 0 Å². The summed E-state index contributed by atoms with van der Waals surface area (Å²) in [7, 11) is -3.66. The Bertz CT molecular complexity index is 1050. The first kappa shape index (κ1) is 22.0. The van der Waals surface area contributed by atoms with E-state index >= 15 is 0 Å². The second kappa shape index (κ2) is 9.95. The van der Waals surface area contributed by atoms with Gasteiger partial charge in [-0.05, 0) is 30.2 Å². The number of carbonyl (C=O) groups is 1. The fourth-order valence-corrected chi connectivity index (χ4v) is 5.90. The number of nitrogens with zero attached hydrogens (tertiary/aromatic N) is 3. The largest absolute Gasteiger partial charge is 0.379 e. The van der Waals surface area contributed by atoms with Crippen LogP contribution < -0.4 is 0 Å². The number of rotatable bonds is 5. The molecule has 2 saturated heterocycles. The third-order valence-electron chi connectivity index (χ3n) is 5.16. The number of hydrogen-bond donors (Lipinski definition) is 0. The van der Waals surface area contributed by atoms with Crippen molar-refractivity contribution in [1.29, 1.82) is 0 Å². The molecule has 31 heavy (non-hydrogen) atoms. The minimum absolute atomic E-state index is 0.132. The first-order valence-corrected chi connectivity index (χ1v) is 12.7. The molecule has 0 saturated carbocycles. The van der Waals surface area contributed by atoms with Gasteiger partial charge in [0.2, 0.25) is 10.0 Å². The first-order valence-electron chi connectivity index (χ1n) is 10.3. The second-order valence-corrected chi connectivity index (χ2v) is 10.3. The number of aliphatic imine (C=N–C) groups is 1. The van der Waals surface area contributed by atoms with E-state index in [1.165, 1.54) is 16.4 Å². The van der Waals surface area contributed by atoms with Crippen LogP contribution in [0.15, 0.2) is 64.5 Å². The highest BCUT2D eigenvalue weighted by atomic mass is 32.2. The SMILES string of the molecule is O=C(c1cccc(S(=O)(=O)N2CCOCC2)c1)N1CCCSC1=NCc1ccccc1. The molecule has 0 bridgehead atoms. The highest BCUT2D eigenvalue weighted by Crippen LogP contribution is 2.23. The summed E-state index contributed by atoms with van der Waals surface area (Å²) in [5.74, 6) is 0.682. The molecule has 164 valence electrons. The molecule has 2 fully saturated rings. The Labute approximate surface area is 187 Å². The maximum Gasteiger partial charge on any atom is 0.259 e. The lowest BCUT2D eigenvalue weighted by Gasteiger charge is -2.28. The number of hydrogen-bond acceptors (Lipinski definition) is 6. The van der Waals surface area contributed by atoms with E-state index in [1.54, 1.807) is 28.8 Å². The number of amides is 1. The van der Waals surface area contributed by atoms with Crippen molar-refractivity contribution in [1.82, 2.24) is 9.21 Å². The highest BCUT2D eigenvalue weighted by molar-refractivity contribution is 8.13. The van der Waals surface area contributed by atoms with Crippen LogP contribution in [0, 0.1) is 0 Å². The maximum atomic E-state index is 13.3. The maximum absolute atomic E-state index is 13.3. The molecule has 2 heterocycles. The summed E-state index contributed by atoms with van der Waals surface area (Å²) in [6.07, 6.45) is 0.868. The number of benzene rings is 2. The van der Waals surface area contributed by atoms with Crippen molar-refractivity contribution >= 4 is 32.9 Å². The van der Waals surface area contributed by atoms with Gasteiger partial charge >= 0.3 is 0 Å². The topological polar surface area (TPSA) is 79.3 Å². The van der Waals surface area contributed by atoms with Crippen molar-refractivity contribution in [2.75, 3.05) is 38.6 Å². The molecule has 1 amide bonds. The van der Waals surface area contributed by atoms with Crippen molar-refractivity contribution in [2.45, 2.75) is 17.9 Å². The quantitative estimate of drug-likeness (QED) is 0.687. The molecule has 0 spiro atoms. The molecule has 9 heteroatoms. The third-order valence-corrected chi connectivity index (χ3v) is 8.16. The normalized spacial score (nSPS) is 19.5. The Balaban J connectivity index is 1.55. The fourth-order valence-electron chi connectivity index (χ4n) is 3.50. The molecule has 2 aliphatic rings. The molecule has 0 aliphatic carbocycles. The van der Waals surface area contributed by atoms with Crippen LogP contribution in [0.2, 0.25) is 0 Å². The fraction of sp³-hybridized carbons (Fsp3) is 0.364. The lowest BCUT2D eigenvalue weighted by atomic mass is 10.2. The van der Waals surface area contributed by atoms with Crippen LogP contribution >= 0.6 is 11.8 Å². The average molecular weight is 460 g/mol. The van der Waals surface area contributed by atoms with Crippen molar-refractivity contribution < 1.29 is 17.9 Å². The van der Waals surface area contributed by atoms with Crippen LogP contribution in [0.25, 0.3) is 0 Å². The standard InChI is InChI=1S/C22H25N3O4S2/c26-21(25-10-5-15-30-22(25)23-17-18-6-2-1-3-7-18)19-8-4-9-20(16-19)31(27,28)24-11-13-29-14-12-24/h1-4,6-9,16H,5,10-15,17H2. The van der Waals surface area contributed by atoms with E-state index < -0.39 is 10.0 Å². The van der Waals surface area contributed by atoms with Gasteiger partial charge in [0.1, 0.15) is 0 Å². The number of carbonyl (C=O) groups excluding carboxylic acids is 1. The molecule has 2 aromatic rings. The molecular weight excluding hydrogens is 434 g/mol. The molecule has 2 aliphatic heterocycles. The number of thioether (sulfide) groups is 1. The van der Waals surface area contributed by atoms with Crippen molar-refractivity contribution in [2.24, 2.45) is 4.99 Å². The minimum Gasteiger partial charge on any atom is -0.379 e. The van der Waals surface area contributed by atoms with Gasteiger partial charge in [0.15, 0.2) is 5.17 Å². The van der Waals surface area contributed by atoms with Gasteiger partial charge in [-0.3, -0.25) is 14.7 Å². The smallest absolute Gasteiger partial charge is 0.259 e. The summed E-state index contributed by atoms with van der Waals surface area (Å²) >= 11 is 1.56. The molecule has 0 aromatic heterocycles. The number of morpholine rings is 1. The van der Waals surface area contributed by atoms with Gasteiger partial charge < -0.3 is 4.74 Å². The van der Waals surface area contributed by atoms with Crippen LogP contribution in [0.5, 0.6) is 0 Å². The summed E-state index contributed by atoms with van der Waals surface area (Å²) in [5, 5.41) is 0.682. The summed E-state index contributed by atoms with van der Waals surface area (Å²) in [4.78, 5) is 19.7. The number of amidine groups is 1. The predicted octanol–water partition coefficient (Wildman–Crippen LogP) is 2.84. The van der Waals surface area contributed by atoms with E-state index in [0.717, 1.165) is 17.7 Å².